The molecule has 0 amide bonds. The third-order valence-electron chi connectivity index (χ3n) is 3.99. The molecule has 2 aromatic rings. The Balaban J connectivity index is 2.08. The number of benzene rings is 2. The van der Waals surface area contributed by atoms with Crippen LogP contribution in [0.3, 0.4) is 0 Å². The second-order valence-electron chi connectivity index (χ2n) is 6.49. The first-order chi connectivity index (χ1) is 11.6. The van der Waals surface area contributed by atoms with Gasteiger partial charge in [-0.3, -0.25) is 0 Å². The van der Waals surface area contributed by atoms with Crippen molar-refractivity contribution < 1.29 is 9.47 Å². The monoisotopic (exact) mass is 327 g/mol. The summed E-state index contributed by atoms with van der Waals surface area (Å²) >= 11 is 0. The Bertz CT molecular complexity index is 610. The highest BCUT2D eigenvalue weighted by atomic mass is 16.5. The highest BCUT2D eigenvalue weighted by Gasteiger charge is 2.12. The van der Waals surface area contributed by atoms with Crippen LogP contribution >= 0.6 is 0 Å². The Labute approximate surface area is 145 Å². The molecule has 0 spiro atoms. The number of rotatable bonds is 9. The maximum atomic E-state index is 6.33. The first kappa shape index (κ1) is 18.3. The Hall–Kier alpha value is -2.00. The number of hydrogen-bond acceptors (Lipinski definition) is 3. The summed E-state index contributed by atoms with van der Waals surface area (Å²) in [5, 5.41) is 0. The molecule has 0 bridgehead atoms. The molecule has 0 heterocycles. The fourth-order valence-electron chi connectivity index (χ4n) is 2.56. The molecule has 1 atom stereocenters. The van der Waals surface area contributed by atoms with Crippen molar-refractivity contribution in [1.29, 1.82) is 0 Å². The molecule has 130 valence electrons. The Morgan fingerprint density at radius 3 is 2.33 bits per heavy atom. The van der Waals surface area contributed by atoms with Crippen LogP contribution in [0, 0.1) is 5.92 Å². The quantitative estimate of drug-likeness (QED) is 0.697. The Morgan fingerprint density at radius 1 is 0.917 bits per heavy atom. The summed E-state index contributed by atoms with van der Waals surface area (Å²) in [6, 6.07) is 16.2. The highest BCUT2D eigenvalue weighted by molar-refractivity contribution is 5.44. The van der Waals surface area contributed by atoms with E-state index in [4.69, 9.17) is 15.2 Å². The van der Waals surface area contributed by atoms with Gasteiger partial charge in [-0.2, -0.15) is 0 Å². The fourth-order valence-corrected chi connectivity index (χ4v) is 2.56. The van der Waals surface area contributed by atoms with Crippen LogP contribution in [0.2, 0.25) is 0 Å². The molecule has 0 saturated carbocycles. The van der Waals surface area contributed by atoms with Crippen molar-refractivity contribution >= 4 is 0 Å². The van der Waals surface area contributed by atoms with Crippen molar-refractivity contribution in [3.8, 4) is 11.5 Å². The molecule has 0 aromatic heterocycles. The lowest BCUT2D eigenvalue weighted by atomic mass is 9.98. The van der Waals surface area contributed by atoms with E-state index >= 15 is 0 Å². The molecule has 2 rings (SSSR count). The van der Waals surface area contributed by atoms with Crippen LogP contribution in [0.4, 0.5) is 0 Å². The van der Waals surface area contributed by atoms with Crippen molar-refractivity contribution in [2.75, 3.05) is 6.61 Å². The summed E-state index contributed by atoms with van der Waals surface area (Å²) in [4.78, 5) is 0. The lowest BCUT2D eigenvalue weighted by molar-refractivity contribution is 0.269. The minimum Gasteiger partial charge on any atom is -0.490 e. The molecular weight excluding hydrogens is 298 g/mol. The molecule has 2 N–H and O–H groups in total. The lowest BCUT2D eigenvalue weighted by Gasteiger charge is -2.17. The van der Waals surface area contributed by atoms with Gasteiger partial charge in [-0.25, -0.2) is 0 Å². The number of hydrogen-bond donors (Lipinski definition) is 1. The van der Waals surface area contributed by atoms with E-state index < -0.39 is 0 Å². The van der Waals surface area contributed by atoms with Gasteiger partial charge in [-0.05, 0) is 48.9 Å². The largest absolute Gasteiger partial charge is 0.490 e. The molecule has 0 unspecified atom stereocenters. The zero-order chi connectivity index (χ0) is 17.4. The van der Waals surface area contributed by atoms with Gasteiger partial charge in [0, 0.05) is 6.04 Å². The average molecular weight is 327 g/mol. The van der Waals surface area contributed by atoms with Gasteiger partial charge in [-0.15, -0.1) is 0 Å². The minimum atomic E-state index is 0.0368. The molecule has 3 heteroatoms. The van der Waals surface area contributed by atoms with Gasteiger partial charge in [0.1, 0.15) is 6.61 Å². The summed E-state index contributed by atoms with van der Waals surface area (Å²) in [5.41, 5.74) is 8.57. The summed E-state index contributed by atoms with van der Waals surface area (Å²) in [6.45, 7) is 7.55. The zero-order valence-corrected chi connectivity index (χ0v) is 15.0. The summed E-state index contributed by atoms with van der Waals surface area (Å²) < 4.78 is 11.7. The SMILES string of the molecule is CCOc1cc([C@@H](N)CCC(C)C)ccc1OCc1ccccc1. The molecular formula is C21H29NO2. The van der Waals surface area contributed by atoms with Crippen LogP contribution in [-0.2, 0) is 6.61 Å². The van der Waals surface area contributed by atoms with E-state index in [9.17, 15) is 0 Å². The van der Waals surface area contributed by atoms with E-state index in [-0.39, 0.29) is 6.04 Å². The van der Waals surface area contributed by atoms with Crippen molar-refractivity contribution in [3.05, 3.63) is 59.7 Å². The molecule has 0 saturated heterocycles. The third-order valence-corrected chi connectivity index (χ3v) is 3.99. The normalized spacial score (nSPS) is 12.2. The van der Waals surface area contributed by atoms with E-state index in [1.165, 1.54) is 0 Å². The molecule has 0 fully saturated rings. The number of ether oxygens (including phenoxy) is 2. The summed E-state index contributed by atoms with van der Waals surface area (Å²) in [5.74, 6) is 2.20. The number of nitrogens with two attached hydrogens (primary N) is 1. The fraction of sp³-hybridized carbons (Fsp3) is 0.429. The van der Waals surface area contributed by atoms with Gasteiger partial charge in [0.05, 0.1) is 6.61 Å². The first-order valence-electron chi connectivity index (χ1n) is 8.79. The second kappa shape index (κ2) is 9.33. The van der Waals surface area contributed by atoms with Crippen molar-refractivity contribution in [2.24, 2.45) is 11.7 Å². The summed E-state index contributed by atoms with van der Waals surface area (Å²) in [7, 11) is 0. The predicted octanol–water partition coefficient (Wildman–Crippen LogP) is 5.10. The Morgan fingerprint density at radius 2 is 1.67 bits per heavy atom. The second-order valence-corrected chi connectivity index (χ2v) is 6.49. The molecule has 2 aromatic carbocycles. The van der Waals surface area contributed by atoms with Crippen LogP contribution in [0.1, 0.15) is 50.8 Å². The zero-order valence-electron chi connectivity index (χ0n) is 15.0. The molecule has 0 aliphatic rings. The molecule has 0 aliphatic heterocycles. The first-order valence-corrected chi connectivity index (χ1v) is 8.79. The predicted molar refractivity (Wildman–Crippen MR) is 99.4 cm³/mol. The van der Waals surface area contributed by atoms with Crippen LogP contribution in [0.25, 0.3) is 0 Å². The topological polar surface area (TPSA) is 44.5 Å². The van der Waals surface area contributed by atoms with Gasteiger partial charge in [-0.1, -0.05) is 50.2 Å². The Kier molecular flexibility index (Phi) is 7.13. The van der Waals surface area contributed by atoms with Crippen LogP contribution in [0.15, 0.2) is 48.5 Å². The highest BCUT2D eigenvalue weighted by Crippen LogP contribution is 2.32. The third kappa shape index (κ3) is 5.57. The van der Waals surface area contributed by atoms with Crippen LogP contribution in [0.5, 0.6) is 11.5 Å². The van der Waals surface area contributed by atoms with E-state index in [1.807, 2.05) is 43.3 Å². The van der Waals surface area contributed by atoms with Gasteiger partial charge in [0.15, 0.2) is 11.5 Å². The van der Waals surface area contributed by atoms with Crippen LogP contribution < -0.4 is 15.2 Å². The summed E-state index contributed by atoms with van der Waals surface area (Å²) in [6.07, 6.45) is 2.10. The standard InChI is InChI=1S/C21H29NO2/c1-4-23-21-14-18(19(22)12-10-16(2)3)11-13-20(21)24-15-17-8-6-5-7-9-17/h5-9,11,13-14,16,19H,4,10,12,15,22H2,1-3H3/t19-/m0/s1. The lowest BCUT2D eigenvalue weighted by Crippen LogP contribution is -2.11. The van der Waals surface area contributed by atoms with E-state index in [0.29, 0.717) is 19.1 Å². The van der Waals surface area contributed by atoms with E-state index in [1.54, 1.807) is 0 Å². The van der Waals surface area contributed by atoms with E-state index in [0.717, 1.165) is 35.5 Å². The van der Waals surface area contributed by atoms with Crippen LogP contribution in [-0.4, -0.2) is 6.61 Å². The molecule has 24 heavy (non-hydrogen) atoms. The van der Waals surface area contributed by atoms with Gasteiger partial charge in [0.25, 0.3) is 0 Å². The minimum absolute atomic E-state index is 0.0368. The average Bonchev–Trinajstić information content (AvgIpc) is 2.59. The maximum Gasteiger partial charge on any atom is 0.161 e. The maximum absolute atomic E-state index is 6.33. The van der Waals surface area contributed by atoms with Gasteiger partial charge in [0.2, 0.25) is 0 Å². The molecule has 0 aliphatic carbocycles. The molecule has 0 radical (unpaired) electrons. The van der Waals surface area contributed by atoms with Crippen molar-refractivity contribution in [2.45, 2.75) is 46.3 Å². The smallest absolute Gasteiger partial charge is 0.161 e. The van der Waals surface area contributed by atoms with E-state index in [2.05, 4.69) is 26.0 Å². The van der Waals surface area contributed by atoms with Gasteiger partial charge < -0.3 is 15.2 Å². The van der Waals surface area contributed by atoms with Crippen molar-refractivity contribution in [1.82, 2.24) is 0 Å². The van der Waals surface area contributed by atoms with Gasteiger partial charge >= 0.3 is 0 Å². The molecule has 3 nitrogen and oxygen atoms in total. The van der Waals surface area contributed by atoms with Crippen molar-refractivity contribution in [3.63, 3.8) is 0 Å².